The fourth-order valence-electron chi connectivity index (χ4n) is 2.98. The van der Waals surface area contributed by atoms with Crippen LogP contribution in [0.4, 0.5) is 5.69 Å². The van der Waals surface area contributed by atoms with Gasteiger partial charge in [0.1, 0.15) is 0 Å². The molecular weight excluding hydrogens is 238 g/mol. The highest BCUT2D eigenvalue weighted by Gasteiger charge is 2.31. The van der Waals surface area contributed by atoms with E-state index in [1.165, 1.54) is 5.69 Å². The average molecular weight is 261 g/mol. The number of nitrogens with one attached hydrogen (secondary N) is 1. The summed E-state index contributed by atoms with van der Waals surface area (Å²) >= 11 is 0. The molecule has 1 aliphatic heterocycles. The molecule has 0 spiro atoms. The Morgan fingerprint density at radius 1 is 1.47 bits per heavy atom. The fourth-order valence-corrected chi connectivity index (χ4v) is 2.98. The molecule has 4 nitrogen and oxygen atoms in total. The van der Waals surface area contributed by atoms with Gasteiger partial charge in [-0.05, 0) is 31.4 Å². The molecule has 2 heterocycles. The lowest BCUT2D eigenvalue weighted by Gasteiger charge is -2.40. The molecule has 1 aromatic heterocycles. The Kier molecular flexibility index (Phi) is 4.77. The minimum atomic E-state index is 0.166. The van der Waals surface area contributed by atoms with Crippen molar-refractivity contribution in [3.8, 4) is 0 Å². The molecule has 1 N–H and O–H groups in total. The number of hydrogen-bond acceptors (Lipinski definition) is 3. The third-order valence-electron chi connectivity index (χ3n) is 3.95. The van der Waals surface area contributed by atoms with Crippen LogP contribution < -0.4 is 10.2 Å². The Labute approximate surface area is 115 Å². The quantitative estimate of drug-likeness (QED) is 0.904. The molecule has 104 valence electrons. The molecule has 19 heavy (non-hydrogen) atoms. The van der Waals surface area contributed by atoms with Gasteiger partial charge in [-0.1, -0.05) is 13.3 Å². The second-order valence-electron chi connectivity index (χ2n) is 5.18. The summed E-state index contributed by atoms with van der Waals surface area (Å²) in [6, 6.07) is 4.58. The fraction of sp³-hybridized carbons (Fsp3) is 0.600. The SMILES string of the molecule is CCCC1CC(C(=O)NC)CCN1c1ccncc1. The lowest BCUT2D eigenvalue weighted by Crippen LogP contribution is -2.46. The van der Waals surface area contributed by atoms with Crippen LogP contribution in [0.15, 0.2) is 24.5 Å². The number of anilines is 1. The highest BCUT2D eigenvalue weighted by atomic mass is 16.1. The largest absolute Gasteiger partial charge is 0.368 e. The number of aromatic nitrogens is 1. The first-order valence-electron chi connectivity index (χ1n) is 7.14. The molecule has 0 bridgehead atoms. The number of amides is 1. The van der Waals surface area contributed by atoms with Gasteiger partial charge in [-0.2, -0.15) is 0 Å². The van der Waals surface area contributed by atoms with Crippen LogP contribution in [0.25, 0.3) is 0 Å². The maximum Gasteiger partial charge on any atom is 0.222 e. The van der Waals surface area contributed by atoms with Crippen molar-refractivity contribution in [2.75, 3.05) is 18.5 Å². The molecule has 2 atom stereocenters. The third-order valence-corrected chi connectivity index (χ3v) is 3.95. The van der Waals surface area contributed by atoms with E-state index in [1.807, 2.05) is 12.4 Å². The molecule has 1 amide bonds. The van der Waals surface area contributed by atoms with Crippen LogP contribution >= 0.6 is 0 Å². The van der Waals surface area contributed by atoms with Crippen molar-refractivity contribution in [1.82, 2.24) is 10.3 Å². The van der Waals surface area contributed by atoms with E-state index < -0.39 is 0 Å². The van der Waals surface area contributed by atoms with Crippen LogP contribution in [0.3, 0.4) is 0 Å². The Bertz CT molecular complexity index is 407. The maximum atomic E-state index is 11.8. The Morgan fingerprint density at radius 2 is 2.21 bits per heavy atom. The lowest BCUT2D eigenvalue weighted by molar-refractivity contribution is -0.125. The summed E-state index contributed by atoms with van der Waals surface area (Å²) in [5.41, 5.74) is 1.23. The van der Waals surface area contributed by atoms with Crippen molar-refractivity contribution < 1.29 is 4.79 Å². The molecule has 0 radical (unpaired) electrons. The summed E-state index contributed by atoms with van der Waals surface area (Å²) in [5.74, 6) is 0.357. The smallest absolute Gasteiger partial charge is 0.222 e. The number of rotatable bonds is 4. The summed E-state index contributed by atoms with van der Waals surface area (Å²) in [6.07, 6.45) is 7.84. The van der Waals surface area contributed by atoms with Gasteiger partial charge < -0.3 is 10.2 Å². The first kappa shape index (κ1) is 13.8. The number of hydrogen-bond donors (Lipinski definition) is 1. The molecule has 4 heteroatoms. The van der Waals surface area contributed by atoms with Crippen LogP contribution in [-0.4, -0.2) is 30.5 Å². The molecule has 0 aromatic carbocycles. The molecule has 1 saturated heterocycles. The van der Waals surface area contributed by atoms with E-state index in [0.717, 1.165) is 32.2 Å². The summed E-state index contributed by atoms with van der Waals surface area (Å²) in [6.45, 7) is 3.15. The number of piperidine rings is 1. The molecule has 1 aliphatic rings. The molecular formula is C15H23N3O. The number of nitrogens with zero attached hydrogens (tertiary/aromatic N) is 2. The second-order valence-corrected chi connectivity index (χ2v) is 5.18. The third kappa shape index (κ3) is 3.25. The van der Waals surface area contributed by atoms with Gasteiger partial charge in [0, 0.05) is 43.6 Å². The molecule has 2 unspecified atom stereocenters. The molecule has 0 saturated carbocycles. The van der Waals surface area contributed by atoms with E-state index in [1.54, 1.807) is 7.05 Å². The van der Waals surface area contributed by atoms with Gasteiger partial charge in [0.2, 0.25) is 5.91 Å². The zero-order valence-electron chi connectivity index (χ0n) is 11.8. The molecule has 1 fully saturated rings. The van der Waals surface area contributed by atoms with E-state index in [9.17, 15) is 4.79 Å². The van der Waals surface area contributed by atoms with Crippen LogP contribution in [-0.2, 0) is 4.79 Å². The van der Waals surface area contributed by atoms with Crippen LogP contribution in [0.1, 0.15) is 32.6 Å². The van der Waals surface area contributed by atoms with Crippen LogP contribution in [0.2, 0.25) is 0 Å². The van der Waals surface area contributed by atoms with E-state index in [2.05, 4.69) is 34.3 Å². The van der Waals surface area contributed by atoms with Gasteiger partial charge in [-0.15, -0.1) is 0 Å². The predicted octanol–water partition coefficient (Wildman–Crippen LogP) is 2.21. The number of carbonyl (C=O) groups is 1. The second kappa shape index (κ2) is 6.55. The predicted molar refractivity (Wildman–Crippen MR) is 77.1 cm³/mol. The Morgan fingerprint density at radius 3 is 2.84 bits per heavy atom. The molecule has 1 aromatic rings. The van der Waals surface area contributed by atoms with Gasteiger partial charge in [-0.3, -0.25) is 9.78 Å². The summed E-state index contributed by atoms with van der Waals surface area (Å²) in [5, 5.41) is 2.78. The molecule has 2 rings (SSSR count). The van der Waals surface area contributed by atoms with Crippen molar-refractivity contribution in [3.63, 3.8) is 0 Å². The van der Waals surface area contributed by atoms with Crippen molar-refractivity contribution in [2.45, 2.75) is 38.6 Å². The first-order chi connectivity index (χ1) is 9.26. The standard InChI is InChI=1S/C15H23N3O/c1-3-4-14-11-12(15(19)16-2)7-10-18(14)13-5-8-17-9-6-13/h5-6,8-9,12,14H,3-4,7,10-11H2,1-2H3,(H,16,19). The summed E-state index contributed by atoms with van der Waals surface area (Å²) in [7, 11) is 1.73. The van der Waals surface area contributed by atoms with E-state index in [4.69, 9.17) is 0 Å². The van der Waals surface area contributed by atoms with Gasteiger partial charge in [0.25, 0.3) is 0 Å². The van der Waals surface area contributed by atoms with Crippen molar-refractivity contribution in [3.05, 3.63) is 24.5 Å². The Balaban J connectivity index is 2.11. The molecule has 0 aliphatic carbocycles. The highest BCUT2D eigenvalue weighted by Crippen LogP contribution is 2.30. The van der Waals surface area contributed by atoms with Crippen molar-refractivity contribution in [1.29, 1.82) is 0 Å². The zero-order valence-corrected chi connectivity index (χ0v) is 11.8. The van der Waals surface area contributed by atoms with Gasteiger partial charge in [0.15, 0.2) is 0 Å². The van der Waals surface area contributed by atoms with Crippen molar-refractivity contribution in [2.24, 2.45) is 5.92 Å². The summed E-state index contributed by atoms with van der Waals surface area (Å²) < 4.78 is 0. The van der Waals surface area contributed by atoms with Gasteiger partial charge in [-0.25, -0.2) is 0 Å². The zero-order chi connectivity index (χ0) is 13.7. The normalized spacial score (nSPS) is 23.2. The minimum absolute atomic E-state index is 0.166. The first-order valence-corrected chi connectivity index (χ1v) is 7.14. The van der Waals surface area contributed by atoms with E-state index in [0.29, 0.717) is 6.04 Å². The lowest BCUT2D eigenvalue weighted by atomic mass is 9.87. The van der Waals surface area contributed by atoms with Crippen LogP contribution in [0, 0.1) is 5.92 Å². The minimum Gasteiger partial charge on any atom is -0.368 e. The van der Waals surface area contributed by atoms with Gasteiger partial charge in [0.05, 0.1) is 0 Å². The topological polar surface area (TPSA) is 45.2 Å². The average Bonchev–Trinajstić information content (AvgIpc) is 2.47. The maximum absolute atomic E-state index is 11.8. The van der Waals surface area contributed by atoms with Crippen LogP contribution in [0.5, 0.6) is 0 Å². The van der Waals surface area contributed by atoms with Gasteiger partial charge >= 0.3 is 0 Å². The summed E-state index contributed by atoms with van der Waals surface area (Å²) in [4.78, 5) is 18.3. The Hall–Kier alpha value is -1.58. The highest BCUT2D eigenvalue weighted by molar-refractivity contribution is 5.78. The van der Waals surface area contributed by atoms with Crippen molar-refractivity contribution >= 4 is 11.6 Å². The van der Waals surface area contributed by atoms with E-state index >= 15 is 0 Å². The number of pyridine rings is 1. The number of carbonyl (C=O) groups excluding carboxylic acids is 1. The van der Waals surface area contributed by atoms with E-state index in [-0.39, 0.29) is 11.8 Å². The monoisotopic (exact) mass is 261 g/mol.